The number of carboxylic acids is 1. The third-order valence-electron chi connectivity index (χ3n) is 3.15. The summed E-state index contributed by atoms with van der Waals surface area (Å²) >= 11 is 0. The molecule has 1 unspecified atom stereocenters. The predicted molar refractivity (Wildman–Crippen MR) is 72.5 cm³/mol. The van der Waals surface area contributed by atoms with E-state index in [2.05, 4.69) is 4.72 Å². The summed E-state index contributed by atoms with van der Waals surface area (Å²) in [5, 5.41) is 18.0. The number of nitrogens with one attached hydrogen (secondary N) is 1. The van der Waals surface area contributed by atoms with E-state index >= 15 is 0 Å². The Labute approximate surface area is 118 Å². The normalized spacial score (nSPS) is 14.3. The zero-order valence-electron chi connectivity index (χ0n) is 11.5. The molecule has 0 amide bonds. The van der Waals surface area contributed by atoms with Crippen LogP contribution in [0.5, 0.6) is 0 Å². The molecule has 0 aliphatic carbocycles. The highest BCUT2D eigenvalue weighted by atomic mass is 32.2. The summed E-state index contributed by atoms with van der Waals surface area (Å²) in [4.78, 5) is 11.1. The van der Waals surface area contributed by atoms with Crippen molar-refractivity contribution >= 4 is 16.0 Å². The molecule has 1 rings (SSSR count). The van der Waals surface area contributed by atoms with E-state index in [9.17, 15) is 13.2 Å². The zero-order chi connectivity index (χ0) is 15.6. The molecular weight excluding hydrogens is 280 g/mol. The Morgan fingerprint density at radius 3 is 2.55 bits per heavy atom. The van der Waals surface area contributed by atoms with Gasteiger partial charge in [-0.2, -0.15) is 9.98 Å². The quantitative estimate of drug-likeness (QED) is 0.854. The fourth-order valence-corrected chi connectivity index (χ4v) is 3.29. The van der Waals surface area contributed by atoms with E-state index in [1.165, 1.54) is 25.1 Å². The van der Waals surface area contributed by atoms with E-state index in [0.29, 0.717) is 5.56 Å². The molecule has 20 heavy (non-hydrogen) atoms. The van der Waals surface area contributed by atoms with Gasteiger partial charge in [-0.25, -0.2) is 8.42 Å². The summed E-state index contributed by atoms with van der Waals surface area (Å²) in [7, 11) is -4.02. The number of carboxylic acid groups (broad SMARTS) is 1. The molecule has 2 N–H and O–H groups in total. The molecule has 0 saturated carbocycles. The summed E-state index contributed by atoms with van der Waals surface area (Å²) in [6.45, 7) is 4.46. The van der Waals surface area contributed by atoms with Crippen molar-refractivity contribution in [3.8, 4) is 6.07 Å². The van der Waals surface area contributed by atoms with Crippen LogP contribution in [0.1, 0.15) is 31.4 Å². The Morgan fingerprint density at radius 2 is 2.10 bits per heavy atom. The van der Waals surface area contributed by atoms with Crippen molar-refractivity contribution < 1.29 is 18.3 Å². The molecule has 0 aliphatic heterocycles. The summed E-state index contributed by atoms with van der Waals surface area (Å²) in [5.74, 6) is -1.25. The van der Waals surface area contributed by atoms with Gasteiger partial charge in [-0.05, 0) is 38.0 Å². The van der Waals surface area contributed by atoms with Crippen LogP contribution in [0.4, 0.5) is 0 Å². The van der Waals surface area contributed by atoms with E-state index < -0.39 is 21.5 Å². The molecule has 0 aromatic heterocycles. The van der Waals surface area contributed by atoms with Crippen LogP contribution in [-0.4, -0.2) is 25.0 Å². The molecule has 0 aliphatic rings. The van der Waals surface area contributed by atoms with Crippen molar-refractivity contribution in [1.82, 2.24) is 4.72 Å². The Morgan fingerprint density at radius 1 is 1.50 bits per heavy atom. The molecule has 1 aromatic carbocycles. The molecule has 0 radical (unpaired) electrons. The van der Waals surface area contributed by atoms with Crippen LogP contribution in [0.15, 0.2) is 23.1 Å². The minimum atomic E-state index is -4.02. The van der Waals surface area contributed by atoms with E-state index in [1.54, 1.807) is 13.8 Å². The van der Waals surface area contributed by atoms with Crippen molar-refractivity contribution in [2.24, 2.45) is 0 Å². The van der Waals surface area contributed by atoms with Crippen LogP contribution in [0.2, 0.25) is 0 Å². The number of hydrogen-bond acceptors (Lipinski definition) is 4. The molecule has 7 heteroatoms. The summed E-state index contributed by atoms with van der Waals surface area (Å²) in [5.41, 5.74) is -0.946. The number of aryl methyl sites for hydroxylation is 1. The second kappa shape index (κ2) is 5.61. The lowest BCUT2D eigenvalue weighted by molar-refractivity contribution is -0.143. The number of sulfonamides is 1. The Hall–Kier alpha value is -1.91. The van der Waals surface area contributed by atoms with Gasteiger partial charge >= 0.3 is 5.97 Å². The van der Waals surface area contributed by atoms with Crippen molar-refractivity contribution in [3.05, 3.63) is 29.3 Å². The average Bonchev–Trinajstić information content (AvgIpc) is 2.38. The highest BCUT2D eigenvalue weighted by Crippen LogP contribution is 2.20. The fourth-order valence-electron chi connectivity index (χ4n) is 1.58. The number of nitrogens with zero attached hydrogens (tertiary/aromatic N) is 1. The number of aliphatic carboxylic acids is 1. The lowest BCUT2D eigenvalue weighted by Crippen LogP contribution is -2.51. The summed E-state index contributed by atoms with van der Waals surface area (Å²) in [6, 6.07) is 6.11. The number of hydrogen-bond donors (Lipinski definition) is 2. The van der Waals surface area contributed by atoms with Crippen LogP contribution in [0.25, 0.3) is 0 Å². The van der Waals surface area contributed by atoms with Crippen LogP contribution < -0.4 is 4.72 Å². The maximum atomic E-state index is 12.3. The van der Waals surface area contributed by atoms with Crippen LogP contribution in [-0.2, 0) is 14.8 Å². The van der Waals surface area contributed by atoms with E-state index in [0.717, 1.165) is 0 Å². The first-order valence-electron chi connectivity index (χ1n) is 5.94. The minimum Gasteiger partial charge on any atom is -0.480 e. The van der Waals surface area contributed by atoms with Crippen LogP contribution in [0, 0.1) is 18.3 Å². The van der Waals surface area contributed by atoms with Crippen LogP contribution >= 0.6 is 0 Å². The molecular formula is C13H16N2O4S. The minimum absolute atomic E-state index is 0.0857. The first-order valence-corrected chi connectivity index (χ1v) is 7.42. The fraction of sp³-hybridized carbons (Fsp3) is 0.385. The van der Waals surface area contributed by atoms with Crippen molar-refractivity contribution in [3.63, 3.8) is 0 Å². The highest BCUT2D eigenvalue weighted by molar-refractivity contribution is 7.89. The third-order valence-corrected chi connectivity index (χ3v) is 4.88. The van der Waals surface area contributed by atoms with Gasteiger partial charge in [0.2, 0.25) is 10.0 Å². The van der Waals surface area contributed by atoms with E-state index in [4.69, 9.17) is 10.4 Å². The predicted octanol–water partition coefficient (Wildman–Crippen LogP) is 1.40. The maximum absolute atomic E-state index is 12.3. The molecule has 0 heterocycles. The van der Waals surface area contributed by atoms with Crippen LogP contribution in [0.3, 0.4) is 0 Å². The van der Waals surface area contributed by atoms with Gasteiger partial charge in [-0.15, -0.1) is 0 Å². The van der Waals surface area contributed by atoms with Gasteiger partial charge in [0.15, 0.2) is 0 Å². The van der Waals surface area contributed by atoms with Gasteiger partial charge in [0.05, 0.1) is 16.5 Å². The molecule has 6 nitrogen and oxygen atoms in total. The van der Waals surface area contributed by atoms with Crippen molar-refractivity contribution in [2.45, 2.75) is 37.6 Å². The van der Waals surface area contributed by atoms with Gasteiger partial charge in [0.1, 0.15) is 5.54 Å². The third kappa shape index (κ3) is 3.15. The Kier molecular flexibility index (Phi) is 4.53. The standard InChI is InChI=1S/C13H16N2O4S/c1-4-13(3,12(16)17)15-20(18,19)11-7-10(8-14)6-5-9(11)2/h5-7,15H,4H2,1-3H3,(H,16,17). The smallest absolute Gasteiger partial charge is 0.324 e. The average molecular weight is 296 g/mol. The molecule has 1 aromatic rings. The van der Waals surface area contributed by atoms with Crippen molar-refractivity contribution in [1.29, 1.82) is 5.26 Å². The summed E-state index contributed by atoms with van der Waals surface area (Å²) < 4.78 is 26.8. The zero-order valence-corrected chi connectivity index (χ0v) is 12.3. The Balaban J connectivity index is 3.32. The van der Waals surface area contributed by atoms with E-state index in [1.807, 2.05) is 6.07 Å². The summed E-state index contributed by atoms with van der Waals surface area (Å²) in [6.07, 6.45) is 0.0958. The molecule has 0 fully saturated rings. The molecule has 0 bridgehead atoms. The Bertz CT molecular complexity index is 676. The van der Waals surface area contributed by atoms with Gasteiger partial charge in [0.25, 0.3) is 0 Å². The second-order valence-electron chi connectivity index (χ2n) is 4.69. The first-order chi connectivity index (χ1) is 9.16. The number of nitriles is 1. The highest BCUT2D eigenvalue weighted by Gasteiger charge is 2.36. The lowest BCUT2D eigenvalue weighted by atomic mass is 10.0. The second-order valence-corrected chi connectivity index (χ2v) is 6.34. The molecule has 0 spiro atoms. The molecule has 108 valence electrons. The van der Waals surface area contributed by atoms with Crippen molar-refractivity contribution in [2.75, 3.05) is 0 Å². The topological polar surface area (TPSA) is 107 Å². The van der Waals surface area contributed by atoms with E-state index in [-0.39, 0.29) is 16.9 Å². The molecule has 1 atom stereocenters. The maximum Gasteiger partial charge on any atom is 0.324 e. The lowest BCUT2D eigenvalue weighted by Gasteiger charge is -2.24. The van der Waals surface area contributed by atoms with Gasteiger partial charge in [-0.3, -0.25) is 4.79 Å². The molecule has 0 saturated heterocycles. The largest absolute Gasteiger partial charge is 0.480 e. The van der Waals surface area contributed by atoms with Gasteiger partial charge in [0, 0.05) is 0 Å². The van der Waals surface area contributed by atoms with Gasteiger partial charge in [-0.1, -0.05) is 13.0 Å². The number of rotatable bonds is 5. The monoisotopic (exact) mass is 296 g/mol. The number of carbonyl (C=O) groups is 1. The van der Waals surface area contributed by atoms with Gasteiger partial charge < -0.3 is 5.11 Å². The first kappa shape index (κ1) is 16.1. The number of benzene rings is 1. The SMILES string of the molecule is CCC(C)(NS(=O)(=O)c1cc(C#N)ccc1C)C(=O)O.